The van der Waals surface area contributed by atoms with Gasteiger partial charge in [0.05, 0.1) is 25.1 Å². The number of carbonyl (C=O) groups excluding carboxylic acids is 1. The van der Waals surface area contributed by atoms with Crippen LogP contribution in [0.15, 0.2) is 47.3 Å². The number of aromatic nitrogens is 2. The van der Waals surface area contributed by atoms with Gasteiger partial charge >= 0.3 is 0 Å². The molecule has 3 rings (SSSR count). The second-order valence-corrected chi connectivity index (χ2v) is 5.68. The summed E-state index contributed by atoms with van der Waals surface area (Å²) in [4.78, 5) is 31.4. The zero-order chi connectivity index (χ0) is 18.5. The van der Waals surface area contributed by atoms with Gasteiger partial charge in [0.15, 0.2) is 0 Å². The number of benzene rings is 2. The molecule has 26 heavy (non-hydrogen) atoms. The monoisotopic (exact) mass is 353 g/mol. The minimum absolute atomic E-state index is 0.181. The van der Waals surface area contributed by atoms with Crippen molar-refractivity contribution in [1.29, 1.82) is 0 Å². The number of aryl methyl sites for hydroxylation is 1. The van der Waals surface area contributed by atoms with Crippen LogP contribution in [0.3, 0.4) is 0 Å². The lowest BCUT2D eigenvalue weighted by atomic mass is 10.2. The first kappa shape index (κ1) is 17.5. The Bertz CT molecular complexity index is 975. The van der Waals surface area contributed by atoms with Crippen LogP contribution in [-0.2, 0) is 11.2 Å². The van der Waals surface area contributed by atoms with Crippen LogP contribution in [0.1, 0.15) is 12.2 Å². The summed E-state index contributed by atoms with van der Waals surface area (Å²) in [7, 11) is 3.09. The smallest absolute Gasteiger partial charge is 0.258 e. The van der Waals surface area contributed by atoms with Crippen molar-refractivity contribution >= 4 is 22.5 Å². The number of hydrogen-bond donors (Lipinski definition) is 2. The summed E-state index contributed by atoms with van der Waals surface area (Å²) in [6, 6.07) is 12.2. The number of nitrogens with one attached hydrogen (secondary N) is 2. The molecule has 134 valence electrons. The molecule has 2 N–H and O–H groups in total. The van der Waals surface area contributed by atoms with E-state index in [1.54, 1.807) is 50.6 Å². The number of H-pyrrole nitrogens is 1. The van der Waals surface area contributed by atoms with Crippen molar-refractivity contribution in [2.45, 2.75) is 12.8 Å². The number of para-hydroxylation sites is 1. The van der Waals surface area contributed by atoms with E-state index in [9.17, 15) is 9.59 Å². The highest BCUT2D eigenvalue weighted by Gasteiger charge is 2.09. The topological polar surface area (TPSA) is 93.3 Å². The van der Waals surface area contributed by atoms with Gasteiger partial charge in [-0.05, 0) is 12.1 Å². The summed E-state index contributed by atoms with van der Waals surface area (Å²) in [6.07, 6.45) is 0.508. The number of fused-ring (bicyclic) bond motifs is 1. The molecule has 0 saturated carbocycles. The van der Waals surface area contributed by atoms with Gasteiger partial charge in [-0.15, -0.1) is 0 Å². The average molecular weight is 353 g/mol. The Hall–Kier alpha value is -3.35. The first-order valence-corrected chi connectivity index (χ1v) is 8.10. The molecule has 0 radical (unpaired) electrons. The third-order valence-electron chi connectivity index (χ3n) is 3.89. The van der Waals surface area contributed by atoms with Crippen molar-refractivity contribution in [1.82, 2.24) is 9.97 Å². The van der Waals surface area contributed by atoms with E-state index in [-0.39, 0.29) is 17.9 Å². The van der Waals surface area contributed by atoms with Gasteiger partial charge in [-0.2, -0.15) is 0 Å². The van der Waals surface area contributed by atoms with Gasteiger partial charge in [0.2, 0.25) is 5.91 Å². The lowest BCUT2D eigenvalue weighted by Crippen LogP contribution is -2.16. The minimum Gasteiger partial charge on any atom is -0.497 e. The molecule has 1 amide bonds. The van der Waals surface area contributed by atoms with Crippen LogP contribution in [0, 0.1) is 0 Å². The molecule has 3 aromatic rings. The van der Waals surface area contributed by atoms with E-state index in [0.29, 0.717) is 40.3 Å². The molecule has 0 aliphatic rings. The van der Waals surface area contributed by atoms with Crippen LogP contribution in [0.2, 0.25) is 0 Å². The molecule has 7 nitrogen and oxygen atoms in total. The van der Waals surface area contributed by atoms with E-state index < -0.39 is 0 Å². The minimum atomic E-state index is -0.205. The molecule has 0 bridgehead atoms. The van der Waals surface area contributed by atoms with E-state index in [2.05, 4.69) is 15.3 Å². The number of hydrogen-bond acceptors (Lipinski definition) is 5. The summed E-state index contributed by atoms with van der Waals surface area (Å²) >= 11 is 0. The summed E-state index contributed by atoms with van der Waals surface area (Å²) in [5, 5.41) is 3.33. The largest absolute Gasteiger partial charge is 0.497 e. The van der Waals surface area contributed by atoms with E-state index in [1.807, 2.05) is 6.07 Å². The van der Waals surface area contributed by atoms with Crippen molar-refractivity contribution in [2.24, 2.45) is 0 Å². The first-order valence-electron chi connectivity index (χ1n) is 8.10. The normalized spacial score (nSPS) is 10.5. The van der Waals surface area contributed by atoms with E-state index >= 15 is 0 Å². The third-order valence-corrected chi connectivity index (χ3v) is 3.89. The second kappa shape index (κ2) is 7.69. The zero-order valence-corrected chi connectivity index (χ0v) is 14.5. The number of nitrogens with zero attached hydrogens (tertiary/aromatic N) is 1. The SMILES string of the molecule is COc1cc(NC(=O)CCc2nc3ccccc3c(=O)[nH]2)cc(OC)c1. The van der Waals surface area contributed by atoms with E-state index in [1.165, 1.54) is 0 Å². The number of rotatable bonds is 6. The van der Waals surface area contributed by atoms with Gasteiger partial charge in [0.1, 0.15) is 17.3 Å². The molecule has 0 aliphatic heterocycles. The van der Waals surface area contributed by atoms with Gasteiger partial charge in [-0.3, -0.25) is 9.59 Å². The highest BCUT2D eigenvalue weighted by atomic mass is 16.5. The first-order chi connectivity index (χ1) is 12.6. The van der Waals surface area contributed by atoms with Crippen LogP contribution in [0.4, 0.5) is 5.69 Å². The van der Waals surface area contributed by atoms with Gasteiger partial charge in [-0.1, -0.05) is 12.1 Å². The summed E-state index contributed by atoms with van der Waals surface area (Å²) in [5.41, 5.74) is 0.985. The number of anilines is 1. The van der Waals surface area contributed by atoms with E-state index in [0.717, 1.165) is 0 Å². The molecule has 0 unspecified atom stereocenters. The highest BCUT2D eigenvalue weighted by molar-refractivity contribution is 5.91. The molecule has 0 spiro atoms. The number of ether oxygens (including phenoxy) is 2. The Kier molecular flexibility index (Phi) is 5.17. The molecule has 0 fully saturated rings. The molecular weight excluding hydrogens is 334 g/mol. The van der Waals surface area contributed by atoms with Gasteiger partial charge < -0.3 is 19.8 Å². The standard InChI is InChI=1S/C19H19N3O4/c1-25-13-9-12(10-14(11-13)26-2)20-18(23)8-7-17-21-16-6-4-3-5-15(16)19(24)22-17/h3-6,9-11H,7-8H2,1-2H3,(H,20,23)(H,21,22,24). The zero-order valence-electron chi connectivity index (χ0n) is 14.5. The second-order valence-electron chi connectivity index (χ2n) is 5.68. The van der Waals surface area contributed by atoms with E-state index in [4.69, 9.17) is 9.47 Å². The number of carbonyl (C=O) groups is 1. The van der Waals surface area contributed by atoms with Crippen molar-refractivity contribution in [2.75, 3.05) is 19.5 Å². The molecule has 2 aromatic carbocycles. The van der Waals surface area contributed by atoms with Crippen LogP contribution >= 0.6 is 0 Å². The van der Waals surface area contributed by atoms with Crippen molar-refractivity contribution < 1.29 is 14.3 Å². The molecule has 0 aliphatic carbocycles. The van der Waals surface area contributed by atoms with Gasteiger partial charge in [0.25, 0.3) is 5.56 Å². The number of aromatic amines is 1. The molecule has 1 heterocycles. The maximum atomic E-state index is 12.2. The summed E-state index contributed by atoms with van der Waals surface area (Å²) in [6.45, 7) is 0. The summed E-state index contributed by atoms with van der Waals surface area (Å²) in [5.74, 6) is 1.45. The Labute approximate surface area is 150 Å². The predicted octanol–water partition coefficient (Wildman–Crippen LogP) is 2.51. The van der Waals surface area contributed by atoms with Crippen molar-refractivity contribution in [3.63, 3.8) is 0 Å². The Morgan fingerprint density at radius 2 is 1.81 bits per heavy atom. The molecule has 0 atom stereocenters. The van der Waals surface area contributed by atoms with Crippen LogP contribution < -0.4 is 20.3 Å². The Morgan fingerprint density at radius 1 is 1.12 bits per heavy atom. The fourth-order valence-corrected chi connectivity index (χ4v) is 2.59. The summed E-state index contributed by atoms with van der Waals surface area (Å²) < 4.78 is 10.4. The number of methoxy groups -OCH3 is 2. The van der Waals surface area contributed by atoms with Crippen LogP contribution in [-0.4, -0.2) is 30.1 Å². The lowest BCUT2D eigenvalue weighted by Gasteiger charge is -2.10. The fourth-order valence-electron chi connectivity index (χ4n) is 2.59. The molecular formula is C19H19N3O4. The third kappa shape index (κ3) is 4.00. The molecule has 1 aromatic heterocycles. The predicted molar refractivity (Wildman–Crippen MR) is 98.9 cm³/mol. The number of amides is 1. The maximum Gasteiger partial charge on any atom is 0.258 e. The van der Waals surface area contributed by atoms with Crippen molar-refractivity contribution in [3.8, 4) is 11.5 Å². The lowest BCUT2D eigenvalue weighted by molar-refractivity contribution is -0.116. The Morgan fingerprint density at radius 3 is 2.50 bits per heavy atom. The average Bonchev–Trinajstić information content (AvgIpc) is 2.66. The Balaban J connectivity index is 1.69. The maximum absolute atomic E-state index is 12.2. The van der Waals surface area contributed by atoms with Crippen molar-refractivity contribution in [3.05, 3.63) is 58.6 Å². The van der Waals surface area contributed by atoms with Crippen LogP contribution in [0.5, 0.6) is 11.5 Å². The van der Waals surface area contributed by atoms with Gasteiger partial charge in [-0.25, -0.2) is 4.98 Å². The fraction of sp³-hybridized carbons (Fsp3) is 0.211. The van der Waals surface area contributed by atoms with Crippen LogP contribution in [0.25, 0.3) is 10.9 Å². The van der Waals surface area contributed by atoms with Gasteiger partial charge in [0, 0.05) is 36.7 Å². The molecule has 7 heteroatoms. The quantitative estimate of drug-likeness (QED) is 0.710. The highest BCUT2D eigenvalue weighted by Crippen LogP contribution is 2.25. The molecule has 0 saturated heterocycles.